The molecule has 1 unspecified atom stereocenters. The fourth-order valence-corrected chi connectivity index (χ4v) is 0.988. The summed E-state index contributed by atoms with van der Waals surface area (Å²) in [6, 6.07) is 0. The van der Waals surface area contributed by atoms with Gasteiger partial charge in [-0.1, -0.05) is 12.2 Å². The van der Waals surface area contributed by atoms with Gasteiger partial charge < -0.3 is 9.64 Å². The first kappa shape index (κ1) is 8.27. The first-order valence-electron chi connectivity index (χ1n) is 3.69. The highest BCUT2D eigenvalue weighted by Gasteiger charge is 2.20. The van der Waals surface area contributed by atoms with Crippen molar-refractivity contribution in [3.8, 4) is 0 Å². The molecule has 0 fully saturated rings. The molecule has 1 aliphatic rings. The van der Waals surface area contributed by atoms with Crippen molar-refractivity contribution >= 4 is 5.91 Å². The van der Waals surface area contributed by atoms with Gasteiger partial charge in [0.1, 0.15) is 6.10 Å². The molecule has 11 heavy (non-hydrogen) atoms. The van der Waals surface area contributed by atoms with Gasteiger partial charge in [-0.15, -0.1) is 0 Å². The molecule has 1 atom stereocenters. The van der Waals surface area contributed by atoms with Gasteiger partial charge >= 0.3 is 0 Å². The van der Waals surface area contributed by atoms with Gasteiger partial charge in [0.05, 0.1) is 6.61 Å². The second-order valence-electron chi connectivity index (χ2n) is 2.76. The Morgan fingerprint density at radius 3 is 2.73 bits per heavy atom. The molecule has 0 radical (unpaired) electrons. The minimum atomic E-state index is -0.255. The summed E-state index contributed by atoms with van der Waals surface area (Å²) in [5.41, 5.74) is 0. The highest BCUT2D eigenvalue weighted by Crippen LogP contribution is 2.07. The Labute approximate surface area is 66.6 Å². The quantitative estimate of drug-likeness (QED) is 0.513. The van der Waals surface area contributed by atoms with E-state index in [-0.39, 0.29) is 12.0 Å². The van der Waals surface area contributed by atoms with Crippen molar-refractivity contribution in [1.82, 2.24) is 4.90 Å². The topological polar surface area (TPSA) is 29.5 Å². The van der Waals surface area contributed by atoms with E-state index in [9.17, 15) is 4.79 Å². The van der Waals surface area contributed by atoms with E-state index >= 15 is 0 Å². The Balaban J connectivity index is 2.47. The lowest BCUT2D eigenvalue weighted by atomic mass is 10.2. The lowest BCUT2D eigenvalue weighted by molar-refractivity contribution is -0.140. The molecule has 1 rings (SSSR count). The minimum absolute atomic E-state index is 0.0503. The summed E-state index contributed by atoms with van der Waals surface area (Å²) in [6.07, 6.45) is 4.36. The average molecular weight is 155 g/mol. The lowest BCUT2D eigenvalue weighted by Gasteiger charge is -2.21. The van der Waals surface area contributed by atoms with Crippen LogP contribution in [0.1, 0.15) is 6.42 Å². The summed E-state index contributed by atoms with van der Waals surface area (Å²) in [6.45, 7) is 0.560. The fraction of sp³-hybridized carbons (Fsp3) is 0.625. The molecular weight excluding hydrogens is 142 g/mol. The smallest absolute Gasteiger partial charge is 0.251 e. The lowest BCUT2D eigenvalue weighted by Crippen LogP contribution is -2.36. The van der Waals surface area contributed by atoms with Crippen LogP contribution in [0.2, 0.25) is 0 Å². The molecule has 0 aromatic heterocycles. The van der Waals surface area contributed by atoms with E-state index in [1.807, 2.05) is 12.2 Å². The highest BCUT2D eigenvalue weighted by molar-refractivity contribution is 5.80. The Kier molecular flexibility index (Phi) is 2.65. The van der Waals surface area contributed by atoms with E-state index in [1.165, 1.54) is 0 Å². The molecule has 62 valence electrons. The molecule has 0 saturated carbocycles. The summed E-state index contributed by atoms with van der Waals surface area (Å²) in [5.74, 6) is 0.0503. The van der Waals surface area contributed by atoms with Crippen LogP contribution in [0.5, 0.6) is 0 Å². The normalized spacial score (nSPS) is 23.3. The molecule has 1 aliphatic heterocycles. The van der Waals surface area contributed by atoms with Gasteiger partial charge in [0.25, 0.3) is 5.91 Å². The first-order valence-corrected chi connectivity index (χ1v) is 3.69. The standard InChI is InChI=1S/C8H13NO2/c1-9(2)8(10)7-5-3-4-6-11-7/h3-4,7H,5-6H2,1-2H3. The van der Waals surface area contributed by atoms with Crippen LogP contribution in [0.25, 0.3) is 0 Å². The molecular formula is C8H13NO2. The number of hydrogen-bond acceptors (Lipinski definition) is 2. The van der Waals surface area contributed by atoms with Crippen LogP contribution in [0, 0.1) is 0 Å². The molecule has 3 nitrogen and oxygen atoms in total. The Hall–Kier alpha value is -0.830. The highest BCUT2D eigenvalue weighted by atomic mass is 16.5. The molecule has 1 heterocycles. The molecule has 0 spiro atoms. The van der Waals surface area contributed by atoms with Crippen LogP contribution in [0.3, 0.4) is 0 Å². The summed E-state index contributed by atoms with van der Waals surface area (Å²) >= 11 is 0. The molecule has 0 aromatic rings. The van der Waals surface area contributed by atoms with Crippen LogP contribution in [-0.4, -0.2) is 37.6 Å². The third-order valence-electron chi connectivity index (χ3n) is 1.63. The SMILES string of the molecule is CN(C)C(=O)C1CC=CCO1. The Morgan fingerprint density at radius 2 is 2.27 bits per heavy atom. The zero-order valence-electron chi connectivity index (χ0n) is 6.91. The van der Waals surface area contributed by atoms with Crippen molar-refractivity contribution in [2.45, 2.75) is 12.5 Å². The van der Waals surface area contributed by atoms with E-state index in [0.717, 1.165) is 0 Å². The van der Waals surface area contributed by atoms with E-state index in [1.54, 1.807) is 19.0 Å². The maximum atomic E-state index is 11.3. The molecule has 0 bridgehead atoms. The zero-order chi connectivity index (χ0) is 8.27. The fourth-order valence-electron chi connectivity index (χ4n) is 0.988. The molecule has 0 aromatic carbocycles. The van der Waals surface area contributed by atoms with E-state index in [2.05, 4.69) is 0 Å². The Morgan fingerprint density at radius 1 is 1.55 bits per heavy atom. The van der Waals surface area contributed by atoms with E-state index in [0.29, 0.717) is 13.0 Å². The predicted octanol–water partition coefficient (Wildman–Crippen LogP) is 0.420. The molecule has 1 amide bonds. The van der Waals surface area contributed by atoms with Crippen molar-refractivity contribution in [3.05, 3.63) is 12.2 Å². The van der Waals surface area contributed by atoms with Gasteiger partial charge in [0.15, 0.2) is 0 Å². The van der Waals surface area contributed by atoms with Crippen LogP contribution in [0.4, 0.5) is 0 Å². The van der Waals surface area contributed by atoms with Crippen LogP contribution < -0.4 is 0 Å². The summed E-state index contributed by atoms with van der Waals surface area (Å²) in [7, 11) is 3.48. The molecule has 0 saturated heterocycles. The van der Waals surface area contributed by atoms with Gasteiger partial charge in [-0.2, -0.15) is 0 Å². The molecule has 3 heteroatoms. The van der Waals surface area contributed by atoms with Gasteiger partial charge in [-0.05, 0) is 0 Å². The van der Waals surface area contributed by atoms with Gasteiger partial charge in [0.2, 0.25) is 0 Å². The number of amides is 1. The number of ether oxygens (including phenoxy) is 1. The van der Waals surface area contributed by atoms with E-state index in [4.69, 9.17) is 4.74 Å². The monoisotopic (exact) mass is 155 g/mol. The average Bonchev–Trinajstić information content (AvgIpc) is 2.05. The third-order valence-corrected chi connectivity index (χ3v) is 1.63. The summed E-state index contributed by atoms with van der Waals surface area (Å²) in [5, 5.41) is 0. The third kappa shape index (κ3) is 2.05. The largest absolute Gasteiger partial charge is 0.364 e. The van der Waals surface area contributed by atoms with Crippen molar-refractivity contribution in [3.63, 3.8) is 0 Å². The Bertz CT molecular complexity index is 175. The summed E-state index contributed by atoms with van der Waals surface area (Å²) in [4.78, 5) is 12.8. The first-order chi connectivity index (χ1) is 5.22. The minimum Gasteiger partial charge on any atom is -0.364 e. The number of carbonyl (C=O) groups is 1. The van der Waals surface area contributed by atoms with Crippen molar-refractivity contribution in [1.29, 1.82) is 0 Å². The number of hydrogen-bond donors (Lipinski definition) is 0. The predicted molar refractivity (Wildman–Crippen MR) is 42.2 cm³/mol. The molecule has 0 N–H and O–H groups in total. The number of nitrogens with zero attached hydrogens (tertiary/aromatic N) is 1. The maximum Gasteiger partial charge on any atom is 0.251 e. The zero-order valence-corrected chi connectivity index (χ0v) is 6.91. The number of likely N-dealkylation sites (N-methyl/N-ethyl adjacent to an activating group) is 1. The second-order valence-corrected chi connectivity index (χ2v) is 2.76. The number of rotatable bonds is 1. The van der Waals surface area contributed by atoms with Crippen molar-refractivity contribution in [2.75, 3.05) is 20.7 Å². The van der Waals surface area contributed by atoms with Gasteiger partial charge in [0, 0.05) is 20.5 Å². The van der Waals surface area contributed by atoms with Gasteiger partial charge in [-0.3, -0.25) is 4.79 Å². The van der Waals surface area contributed by atoms with Crippen LogP contribution >= 0.6 is 0 Å². The van der Waals surface area contributed by atoms with Crippen LogP contribution in [-0.2, 0) is 9.53 Å². The molecule has 0 aliphatic carbocycles. The number of carbonyl (C=O) groups excluding carboxylic acids is 1. The maximum absolute atomic E-state index is 11.3. The van der Waals surface area contributed by atoms with Crippen LogP contribution in [0.15, 0.2) is 12.2 Å². The second kappa shape index (κ2) is 3.53. The summed E-state index contributed by atoms with van der Waals surface area (Å²) < 4.78 is 5.22. The van der Waals surface area contributed by atoms with E-state index < -0.39 is 0 Å². The van der Waals surface area contributed by atoms with Crippen molar-refractivity contribution < 1.29 is 9.53 Å². The van der Waals surface area contributed by atoms with Crippen molar-refractivity contribution in [2.24, 2.45) is 0 Å². The van der Waals surface area contributed by atoms with Gasteiger partial charge in [-0.25, -0.2) is 0 Å².